The van der Waals surface area contributed by atoms with Gasteiger partial charge in [0, 0.05) is 6.07 Å². The van der Waals surface area contributed by atoms with Crippen LogP contribution in [0.15, 0.2) is 42.5 Å². The van der Waals surface area contributed by atoms with E-state index in [0.29, 0.717) is 24.5 Å². The van der Waals surface area contributed by atoms with E-state index in [1.165, 1.54) is 18.2 Å². The molecule has 0 aliphatic heterocycles. The number of carbonyl (C=O) groups is 1. The molecular formula is C19H19NO5. The van der Waals surface area contributed by atoms with Gasteiger partial charge in [-0.2, -0.15) is 5.26 Å². The van der Waals surface area contributed by atoms with Crippen molar-refractivity contribution in [3.63, 3.8) is 0 Å². The Labute approximate surface area is 145 Å². The fourth-order valence-corrected chi connectivity index (χ4v) is 2.17. The van der Waals surface area contributed by atoms with E-state index in [4.69, 9.17) is 19.8 Å². The zero-order valence-corrected chi connectivity index (χ0v) is 13.6. The predicted molar refractivity (Wildman–Crippen MR) is 91.1 cm³/mol. The van der Waals surface area contributed by atoms with E-state index in [9.17, 15) is 9.90 Å². The van der Waals surface area contributed by atoms with Crippen molar-refractivity contribution in [1.29, 1.82) is 5.26 Å². The summed E-state index contributed by atoms with van der Waals surface area (Å²) in [7, 11) is 0. The average Bonchev–Trinajstić information content (AvgIpc) is 2.61. The van der Waals surface area contributed by atoms with Crippen LogP contribution in [-0.4, -0.2) is 29.4 Å². The minimum absolute atomic E-state index is 0.146. The summed E-state index contributed by atoms with van der Waals surface area (Å²) in [6.07, 6.45) is 2.60. The molecule has 0 saturated heterocycles. The Hall–Kier alpha value is -3.20. The van der Waals surface area contributed by atoms with Crippen molar-refractivity contribution in [3.8, 4) is 23.3 Å². The number of carboxylic acid groups (broad SMARTS) is 1. The molecule has 2 aromatic carbocycles. The van der Waals surface area contributed by atoms with Crippen molar-refractivity contribution in [1.82, 2.24) is 0 Å². The summed E-state index contributed by atoms with van der Waals surface area (Å²) in [5.41, 5.74) is 0.458. The number of aromatic hydroxyl groups is 1. The maximum Gasteiger partial charge on any atom is 0.339 e. The molecule has 0 unspecified atom stereocenters. The quantitative estimate of drug-likeness (QED) is 0.676. The predicted octanol–water partition coefficient (Wildman–Crippen LogP) is 3.59. The molecule has 0 aliphatic rings. The van der Waals surface area contributed by atoms with Crippen LogP contribution in [0.4, 0.5) is 0 Å². The Morgan fingerprint density at radius 3 is 2.12 bits per heavy atom. The molecule has 130 valence electrons. The molecule has 2 rings (SSSR count). The summed E-state index contributed by atoms with van der Waals surface area (Å²) in [6.45, 7) is 1.06. The first kappa shape index (κ1) is 18.1. The van der Waals surface area contributed by atoms with Gasteiger partial charge in [-0.25, -0.2) is 4.79 Å². The topological polar surface area (TPSA) is 99.8 Å². The molecule has 0 aliphatic carbocycles. The van der Waals surface area contributed by atoms with Gasteiger partial charge in [0.25, 0.3) is 0 Å². The van der Waals surface area contributed by atoms with Crippen LogP contribution in [0, 0.1) is 11.3 Å². The summed E-state index contributed by atoms with van der Waals surface area (Å²) >= 11 is 0. The molecule has 2 N–H and O–H groups in total. The van der Waals surface area contributed by atoms with Crippen molar-refractivity contribution in [2.24, 2.45) is 0 Å². The molecule has 0 spiro atoms. The zero-order chi connectivity index (χ0) is 18.1. The number of rotatable bonds is 9. The molecule has 0 bridgehead atoms. The van der Waals surface area contributed by atoms with Gasteiger partial charge in [-0.3, -0.25) is 0 Å². The maximum absolute atomic E-state index is 10.8. The number of aromatic carboxylic acids is 1. The average molecular weight is 341 g/mol. The minimum atomic E-state index is -1.17. The Bertz CT molecular complexity index is 749. The highest BCUT2D eigenvalue weighted by Gasteiger charge is 2.09. The number of ether oxygens (including phenoxy) is 2. The largest absolute Gasteiger partial charge is 0.507 e. The van der Waals surface area contributed by atoms with Crippen LogP contribution in [0.2, 0.25) is 0 Å². The normalized spacial score (nSPS) is 10.0. The van der Waals surface area contributed by atoms with Crippen LogP contribution >= 0.6 is 0 Å². The first-order valence-electron chi connectivity index (χ1n) is 7.92. The summed E-state index contributed by atoms with van der Waals surface area (Å²) < 4.78 is 11.1. The highest BCUT2D eigenvalue weighted by Crippen LogP contribution is 2.23. The molecule has 0 atom stereocenters. The van der Waals surface area contributed by atoms with Gasteiger partial charge < -0.3 is 19.7 Å². The molecule has 2 aromatic rings. The lowest BCUT2D eigenvalue weighted by Crippen LogP contribution is -2.02. The lowest BCUT2D eigenvalue weighted by Gasteiger charge is -2.08. The monoisotopic (exact) mass is 341 g/mol. The second-order valence-electron chi connectivity index (χ2n) is 5.38. The van der Waals surface area contributed by atoms with Crippen molar-refractivity contribution in [3.05, 3.63) is 53.6 Å². The smallest absolute Gasteiger partial charge is 0.339 e. The molecule has 0 fully saturated rings. The van der Waals surface area contributed by atoms with E-state index in [1.54, 1.807) is 24.3 Å². The number of unbranched alkanes of at least 4 members (excludes halogenated alkanes) is 2. The van der Waals surface area contributed by atoms with Gasteiger partial charge in [0.2, 0.25) is 0 Å². The molecule has 0 saturated carbocycles. The van der Waals surface area contributed by atoms with Gasteiger partial charge >= 0.3 is 5.97 Å². The van der Waals surface area contributed by atoms with Crippen LogP contribution in [0.25, 0.3) is 0 Å². The summed E-state index contributed by atoms with van der Waals surface area (Å²) in [6, 6.07) is 13.2. The standard InChI is InChI=1S/C19H19NO5/c20-13-14-4-6-15(7-5-14)24-10-2-1-3-11-25-16-8-9-17(19(22)23)18(21)12-16/h4-9,12,21H,1-3,10-11H2,(H,22,23). The van der Waals surface area contributed by atoms with Gasteiger partial charge in [0.15, 0.2) is 0 Å². The van der Waals surface area contributed by atoms with Crippen molar-refractivity contribution < 1.29 is 24.5 Å². The molecular weight excluding hydrogens is 322 g/mol. The highest BCUT2D eigenvalue weighted by atomic mass is 16.5. The molecule has 0 amide bonds. The van der Waals surface area contributed by atoms with E-state index in [0.717, 1.165) is 25.0 Å². The first-order chi connectivity index (χ1) is 12.1. The van der Waals surface area contributed by atoms with Crippen LogP contribution in [0.3, 0.4) is 0 Å². The summed E-state index contributed by atoms with van der Waals surface area (Å²) in [5, 5.41) is 27.1. The molecule has 6 nitrogen and oxygen atoms in total. The van der Waals surface area contributed by atoms with E-state index >= 15 is 0 Å². The van der Waals surface area contributed by atoms with Gasteiger partial charge in [-0.05, 0) is 55.7 Å². The number of nitrogens with zero attached hydrogens (tertiary/aromatic N) is 1. The fraction of sp³-hybridized carbons (Fsp3) is 0.263. The van der Waals surface area contributed by atoms with Crippen LogP contribution in [0.5, 0.6) is 17.2 Å². The van der Waals surface area contributed by atoms with Gasteiger partial charge in [-0.1, -0.05) is 0 Å². The molecule has 6 heteroatoms. The molecule has 0 heterocycles. The van der Waals surface area contributed by atoms with E-state index in [1.807, 2.05) is 0 Å². The highest BCUT2D eigenvalue weighted by molar-refractivity contribution is 5.90. The lowest BCUT2D eigenvalue weighted by molar-refractivity contribution is 0.0693. The Morgan fingerprint density at radius 1 is 0.960 bits per heavy atom. The Kier molecular flexibility index (Phi) is 6.66. The lowest BCUT2D eigenvalue weighted by atomic mass is 10.2. The second kappa shape index (κ2) is 9.18. The zero-order valence-electron chi connectivity index (χ0n) is 13.6. The third kappa shape index (κ3) is 5.74. The van der Waals surface area contributed by atoms with E-state index < -0.39 is 5.97 Å². The number of carboxylic acids is 1. The third-order valence-corrected chi connectivity index (χ3v) is 3.51. The Balaban J connectivity index is 1.61. The SMILES string of the molecule is N#Cc1ccc(OCCCCCOc2ccc(C(=O)O)c(O)c2)cc1. The number of hydrogen-bond donors (Lipinski definition) is 2. The van der Waals surface area contributed by atoms with Crippen LogP contribution < -0.4 is 9.47 Å². The maximum atomic E-state index is 10.8. The minimum Gasteiger partial charge on any atom is -0.507 e. The van der Waals surface area contributed by atoms with Crippen molar-refractivity contribution >= 4 is 5.97 Å². The first-order valence-corrected chi connectivity index (χ1v) is 7.92. The fourth-order valence-electron chi connectivity index (χ4n) is 2.17. The van der Waals surface area contributed by atoms with E-state index in [-0.39, 0.29) is 11.3 Å². The van der Waals surface area contributed by atoms with Crippen molar-refractivity contribution in [2.45, 2.75) is 19.3 Å². The third-order valence-electron chi connectivity index (χ3n) is 3.51. The molecule has 0 aromatic heterocycles. The molecule has 0 radical (unpaired) electrons. The van der Waals surface area contributed by atoms with Gasteiger partial charge in [0.05, 0.1) is 24.8 Å². The number of hydrogen-bond acceptors (Lipinski definition) is 5. The van der Waals surface area contributed by atoms with E-state index in [2.05, 4.69) is 6.07 Å². The second-order valence-corrected chi connectivity index (χ2v) is 5.38. The summed E-state index contributed by atoms with van der Waals surface area (Å²) in [4.78, 5) is 10.8. The number of benzene rings is 2. The summed E-state index contributed by atoms with van der Waals surface area (Å²) in [5.74, 6) is -0.298. The van der Waals surface area contributed by atoms with Crippen LogP contribution in [0.1, 0.15) is 35.2 Å². The van der Waals surface area contributed by atoms with Gasteiger partial charge in [-0.15, -0.1) is 0 Å². The molecule has 25 heavy (non-hydrogen) atoms. The Morgan fingerprint density at radius 2 is 1.56 bits per heavy atom. The van der Waals surface area contributed by atoms with Crippen molar-refractivity contribution in [2.75, 3.05) is 13.2 Å². The number of phenols is 1. The van der Waals surface area contributed by atoms with Gasteiger partial charge in [0.1, 0.15) is 22.8 Å². The van der Waals surface area contributed by atoms with Crippen LogP contribution in [-0.2, 0) is 0 Å². The number of nitriles is 1.